The van der Waals surface area contributed by atoms with Crippen LogP contribution in [0.25, 0.3) is 16.9 Å². The number of para-hydroxylation sites is 1. The van der Waals surface area contributed by atoms with Crippen LogP contribution in [0.15, 0.2) is 65.6 Å². The Kier molecular flexibility index (Phi) is 5.88. The Hall–Kier alpha value is -4.31. The second kappa shape index (κ2) is 9.28. The second-order valence-corrected chi connectivity index (χ2v) is 7.97. The van der Waals surface area contributed by atoms with E-state index in [1.165, 1.54) is 0 Å². The summed E-state index contributed by atoms with van der Waals surface area (Å²) in [5, 5.41) is 10.7. The third kappa shape index (κ3) is 4.06. The van der Waals surface area contributed by atoms with Gasteiger partial charge in [-0.05, 0) is 23.6 Å². The molecule has 0 bridgehead atoms. The molecule has 10 heteroatoms. The molecule has 2 aromatic carbocycles. The van der Waals surface area contributed by atoms with E-state index in [1.54, 1.807) is 51.1 Å². The maximum Gasteiger partial charge on any atom is 0.231 e. The van der Waals surface area contributed by atoms with E-state index >= 15 is 0 Å². The molecule has 0 atom stereocenters. The Morgan fingerprint density at radius 2 is 1.62 bits per heavy atom. The maximum atomic E-state index is 5.47. The minimum atomic E-state index is 0.386. The molecule has 34 heavy (non-hydrogen) atoms. The Balaban J connectivity index is 1.61. The van der Waals surface area contributed by atoms with Crippen LogP contribution in [0.2, 0.25) is 0 Å². The van der Waals surface area contributed by atoms with E-state index in [-0.39, 0.29) is 0 Å². The van der Waals surface area contributed by atoms with Crippen molar-refractivity contribution in [3.05, 3.63) is 65.6 Å². The molecule has 172 valence electrons. The summed E-state index contributed by atoms with van der Waals surface area (Å²) in [6, 6.07) is 15.4. The van der Waals surface area contributed by atoms with Crippen molar-refractivity contribution < 1.29 is 14.2 Å². The largest absolute Gasteiger partial charge is 0.493 e. The summed E-state index contributed by atoms with van der Waals surface area (Å²) in [7, 11) is 4.72. The van der Waals surface area contributed by atoms with Gasteiger partial charge in [-0.15, -0.1) is 0 Å². The Bertz CT molecular complexity index is 1390. The lowest BCUT2D eigenvalue weighted by Gasteiger charge is -2.15. The quantitative estimate of drug-likeness (QED) is 0.309. The highest BCUT2D eigenvalue weighted by Crippen LogP contribution is 2.40. The minimum Gasteiger partial charge on any atom is -0.493 e. The van der Waals surface area contributed by atoms with Gasteiger partial charge in [0.15, 0.2) is 28.5 Å². The summed E-state index contributed by atoms with van der Waals surface area (Å²) in [6.45, 7) is 0. The van der Waals surface area contributed by atoms with Gasteiger partial charge in [0.1, 0.15) is 6.33 Å². The van der Waals surface area contributed by atoms with Gasteiger partial charge < -0.3 is 24.8 Å². The molecule has 0 amide bonds. The molecule has 0 saturated carbocycles. The Morgan fingerprint density at radius 1 is 0.853 bits per heavy atom. The summed E-state index contributed by atoms with van der Waals surface area (Å²) in [5.74, 6) is 2.53. The van der Waals surface area contributed by atoms with Gasteiger partial charge in [0.05, 0.1) is 27.0 Å². The highest BCUT2D eigenvalue weighted by molar-refractivity contribution is 7.08. The van der Waals surface area contributed by atoms with Crippen molar-refractivity contribution in [3.8, 4) is 22.9 Å². The first kappa shape index (κ1) is 21.5. The van der Waals surface area contributed by atoms with Crippen LogP contribution in [0.4, 0.5) is 23.1 Å². The zero-order chi connectivity index (χ0) is 23.5. The van der Waals surface area contributed by atoms with Gasteiger partial charge in [-0.2, -0.15) is 21.3 Å². The van der Waals surface area contributed by atoms with Gasteiger partial charge in [-0.1, -0.05) is 18.2 Å². The Morgan fingerprint density at radius 3 is 2.26 bits per heavy atom. The van der Waals surface area contributed by atoms with Crippen LogP contribution in [-0.2, 0) is 0 Å². The SMILES string of the molecule is COc1cc(Nc2nc(Nc3ccccc3)c3ncn(-c4ccsc4)c3n2)cc(OC)c1OC. The van der Waals surface area contributed by atoms with E-state index in [4.69, 9.17) is 24.2 Å². The molecule has 0 aliphatic carbocycles. The molecule has 9 nitrogen and oxygen atoms in total. The molecule has 3 aromatic heterocycles. The van der Waals surface area contributed by atoms with Gasteiger partial charge in [-0.25, -0.2) is 4.98 Å². The van der Waals surface area contributed by atoms with Crippen LogP contribution >= 0.6 is 11.3 Å². The standard InChI is InChI=1S/C24H22N6O3S/c1-31-18-11-16(12-19(32-2)21(18)33-3)27-24-28-22(26-15-7-5-4-6-8-15)20-23(29-24)30(14-25-20)17-9-10-34-13-17/h4-14H,1-3H3,(H2,26,27,28,29). The molecule has 0 spiro atoms. The second-order valence-electron chi connectivity index (χ2n) is 7.19. The monoisotopic (exact) mass is 474 g/mol. The number of nitrogens with zero attached hydrogens (tertiary/aromatic N) is 4. The minimum absolute atomic E-state index is 0.386. The van der Waals surface area contributed by atoms with Crippen LogP contribution in [0, 0.1) is 0 Å². The molecule has 0 aliphatic rings. The molecule has 0 unspecified atom stereocenters. The zero-order valence-electron chi connectivity index (χ0n) is 18.8. The van der Waals surface area contributed by atoms with Crippen LogP contribution in [0.3, 0.4) is 0 Å². The number of nitrogens with one attached hydrogen (secondary N) is 2. The first-order valence-electron chi connectivity index (χ1n) is 10.4. The van der Waals surface area contributed by atoms with Crippen molar-refractivity contribution in [2.75, 3.05) is 32.0 Å². The third-order valence-electron chi connectivity index (χ3n) is 5.14. The average molecular weight is 475 g/mol. The molecule has 5 rings (SSSR count). The highest BCUT2D eigenvalue weighted by atomic mass is 32.1. The molecule has 5 aromatic rings. The fourth-order valence-corrected chi connectivity index (χ4v) is 4.20. The maximum absolute atomic E-state index is 5.47. The number of thiophene rings is 1. The topological polar surface area (TPSA) is 95.4 Å². The van der Waals surface area contributed by atoms with Crippen LogP contribution in [0.1, 0.15) is 0 Å². The lowest BCUT2D eigenvalue weighted by Crippen LogP contribution is -2.04. The van der Waals surface area contributed by atoms with Crippen LogP contribution in [-0.4, -0.2) is 40.8 Å². The van der Waals surface area contributed by atoms with E-state index in [9.17, 15) is 0 Å². The van der Waals surface area contributed by atoms with E-state index in [0.29, 0.717) is 45.9 Å². The van der Waals surface area contributed by atoms with E-state index in [1.807, 2.05) is 51.7 Å². The van der Waals surface area contributed by atoms with Gasteiger partial charge in [0.25, 0.3) is 0 Å². The molecular weight excluding hydrogens is 452 g/mol. The molecule has 0 fully saturated rings. The van der Waals surface area contributed by atoms with E-state index in [2.05, 4.69) is 15.6 Å². The summed E-state index contributed by atoms with van der Waals surface area (Å²) in [4.78, 5) is 14.1. The number of rotatable bonds is 8. The number of aromatic nitrogens is 4. The smallest absolute Gasteiger partial charge is 0.231 e. The first-order chi connectivity index (χ1) is 16.7. The van der Waals surface area contributed by atoms with Crippen molar-refractivity contribution in [2.24, 2.45) is 0 Å². The average Bonchev–Trinajstić information content (AvgIpc) is 3.54. The number of hydrogen-bond donors (Lipinski definition) is 2. The zero-order valence-corrected chi connectivity index (χ0v) is 19.6. The van der Waals surface area contributed by atoms with Crippen LogP contribution in [0.5, 0.6) is 17.2 Å². The molecule has 2 N–H and O–H groups in total. The number of ether oxygens (including phenoxy) is 3. The van der Waals surface area contributed by atoms with Crippen molar-refractivity contribution in [3.63, 3.8) is 0 Å². The van der Waals surface area contributed by atoms with Crippen molar-refractivity contribution in [1.29, 1.82) is 0 Å². The Labute approximate surface area is 200 Å². The molecular formula is C24H22N6O3S. The van der Waals surface area contributed by atoms with Crippen molar-refractivity contribution in [1.82, 2.24) is 19.5 Å². The fourth-order valence-electron chi connectivity index (χ4n) is 3.57. The van der Waals surface area contributed by atoms with Crippen molar-refractivity contribution >= 4 is 45.6 Å². The van der Waals surface area contributed by atoms with Gasteiger partial charge in [0, 0.05) is 28.9 Å². The number of hydrogen-bond acceptors (Lipinski definition) is 9. The predicted octanol–water partition coefficient (Wildman–Crippen LogP) is 5.39. The van der Waals surface area contributed by atoms with Gasteiger partial charge in [-0.3, -0.25) is 4.57 Å². The first-order valence-corrected chi connectivity index (χ1v) is 11.3. The fraction of sp³-hybridized carbons (Fsp3) is 0.125. The van der Waals surface area contributed by atoms with E-state index < -0.39 is 0 Å². The summed E-state index contributed by atoms with van der Waals surface area (Å²) in [5.41, 5.74) is 3.88. The van der Waals surface area contributed by atoms with Gasteiger partial charge in [0.2, 0.25) is 11.7 Å². The molecule has 0 aliphatic heterocycles. The lowest BCUT2D eigenvalue weighted by molar-refractivity contribution is 0.324. The number of methoxy groups -OCH3 is 3. The highest BCUT2D eigenvalue weighted by Gasteiger charge is 2.17. The van der Waals surface area contributed by atoms with E-state index in [0.717, 1.165) is 11.4 Å². The van der Waals surface area contributed by atoms with Crippen molar-refractivity contribution in [2.45, 2.75) is 0 Å². The number of benzene rings is 2. The number of fused-ring (bicyclic) bond motifs is 1. The van der Waals surface area contributed by atoms with Crippen LogP contribution < -0.4 is 24.8 Å². The summed E-state index contributed by atoms with van der Waals surface area (Å²) < 4.78 is 18.3. The molecule has 0 radical (unpaired) electrons. The number of imidazole rings is 1. The summed E-state index contributed by atoms with van der Waals surface area (Å²) in [6.07, 6.45) is 1.75. The van der Waals surface area contributed by atoms with Gasteiger partial charge >= 0.3 is 0 Å². The molecule has 0 saturated heterocycles. The lowest BCUT2D eigenvalue weighted by atomic mass is 10.2. The summed E-state index contributed by atoms with van der Waals surface area (Å²) >= 11 is 1.61. The predicted molar refractivity (Wildman–Crippen MR) is 134 cm³/mol. The normalized spacial score (nSPS) is 10.8. The number of anilines is 4. The molecule has 3 heterocycles. The third-order valence-corrected chi connectivity index (χ3v) is 5.81.